The van der Waals surface area contributed by atoms with Crippen molar-refractivity contribution in [1.29, 1.82) is 0 Å². The van der Waals surface area contributed by atoms with Gasteiger partial charge in [-0.05, 0) is 60.7 Å². The number of hydrogen-bond donors (Lipinski definition) is 3. The third kappa shape index (κ3) is 6.98. The van der Waals surface area contributed by atoms with Crippen molar-refractivity contribution < 1.29 is 26.7 Å². The molecule has 0 aliphatic heterocycles. The lowest BCUT2D eigenvalue weighted by Gasteiger charge is -2.11. The highest BCUT2D eigenvalue weighted by Gasteiger charge is 2.10. The molecule has 2 aromatic heterocycles. The quantitative estimate of drug-likeness (QED) is 0.159. The number of aromatic nitrogens is 2. The van der Waals surface area contributed by atoms with Crippen LogP contribution in [-0.2, 0) is 7.05 Å². The summed E-state index contributed by atoms with van der Waals surface area (Å²) in [6.45, 7) is 0. The van der Waals surface area contributed by atoms with E-state index in [2.05, 4.69) is 20.9 Å². The molecule has 198 valence electrons. The van der Waals surface area contributed by atoms with Gasteiger partial charge in [-0.3, -0.25) is 19.9 Å². The van der Waals surface area contributed by atoms with Crippen molar-refractivity contribution in [1.82, 2.24) is 4.98 Å². The number of nitro benzene ring substituents is 1. The van der Waals surface area contributed by atoms with E-state index in [1.165, 1.54) is 12.1 Å². The van der Waals surface area contributed by atoms with E-state index in [9.17, 15) is 14.9 Å². The van der Waals surface area contributed by atoms with E-state index in [1.807, 2.05) is 60.4 Å². The van der Waals surface area contributed by atoms with Gasteiger partial charge in [0.2, 0.25) is 0 Å². The van der Waals surface area contributed by atoms with Crippen LogP contribution in [-0.4, -0.2) is 15.8 Å². The Labute approximate surface area is 236 Å². The summed E-state index contributed by atoms with van der Waals surface area (Å²) in [4.78, 5) is 27.5. The highest BCUT2D eigenvalue weighted by molar-refractivity contribution is 6.04. The normalized spacial score (nSPS) is 10.1. The first-order chi connectivity index (χ1) is 17.9. The molecule has 2 heterocycles. The second-order valence-corrected chi connectivity index (χ2v) is 8.43. The Kier molecular flexibility index (Phi) is 9.38. The predicted octanol–water partition coefficient (Wildman–Crippen LogP) is 3.13. The van der Waals surface area contributed by atoms with Crippen LogP contribution in [0.5, 0.6) is 0 Å². The van der Waals surface area contributed by atoms with Crippen LogP contribution in [0.25, 0.3) is 10.9 Å². The molecule has 0 atom stereocenters. The van der Waals surface area contributed by atoms with E-state index in [0.29, 0.717) is 16.8 Å². The van der Waals surface area contributed by atoms with Gasteiger partial charge < -0.3 is 28.4 Å². The first kappa shape index (κ1) is 28.8. The topological polar surface area (TPSA) is 113 Å². The fraction of sp³-hybridized carbons (Fsp3) is 0.0357. The molecule has 0 aliphatic rings. The Balaban J connectivity index is 0.00000210. The van der Waals surface area contributed by atoms with Crippen molar-refractivity contribution in [2.45, 2.75) is 0 Å². The molecule has 9 nitrogen and oxygen atoms in total. The minimum atomic E-state index is -0.440. The third-order valence-electron chi connectivity index (χ3n) is 5.77. The highest BCUT2D eigenvalue weighted by Crippen LogP contribution is 2.28. The number of nitrogens with zero attached hydrogens (tertiary/aromatic N) is 3. The largest absolute Gasteiger partial charge is 1.00 e. The van der Waals surface area contributed by atoms with Gasteiger partial charge in [-0.1, -0.05) is 0 Å². The number of nitrogens with one attached hydrogen (secondary N) is 3. The zero-order valence-electron chi connectivity index (χ0n) is 20.7. The molecule has 0 radical (unpaired) electrons. The number of hydrogen-bond acceptors (Lipinski definition) is 6. The van der Waals surface area contributed by atoms with Crippen LogP contribution >= 0.6 is 12.4 Å². The number of carbonyl (C=O) groups is 1. The second-order valence-electron chi connectivity index (χ2n) is 8.43. The van der Waals surface area contributed by atoms with Crippen molar-refractivity contribution in [2.24, 2.45) is 7.05 Å². The summed E-state index contributed by atoms with van der Waals surface area (Å²) >= 11 is 0. The predicted molar refractivity (Wildman–Crippen MR) is 151 cm³/mol. The lowest BCUT2D eigenvalue weighted by Crippen LogP contribution is -3.00. The molecule has 0 saturated heterocycles. The smallest absolute Gasteiger partial charge is 0.271 e. The number of halogens is 2. The fourth-order valence-electron chi connectivity index (χ4n) is 3.81. The number of amides is 1. The average Bonchev–Trinajstić information content (AvgIpc) is 2.91. The number of fused-ring (bicyclic) bond motifs is 1. The molecular weight excluding hydrogens is 539 g/mol. The van der Waals surface area contributed by atoms with Gasteiger partial charge in [-0.2, -0.15) is 0 Å². The SMILES string of the molecule is C[n+]1ccc(Nc2ccc(C(=O)Nc3ccc(Nc4ccnc5cc([N+](=O)[O-])ccc45)cc3)cc2)cc1.Cl.[Cl-]. The summed E-state index contributed by atoms with van der Waals surface area (Å²) in [5.74, 6) is -0.208. The summed E-state index contributed by atoms with van der Waals surface area (Å²) in [6.07, 6.45) is 5.51. The maximum atomic E-state index is 12.7. The minimum Gasteiger partial charge on any atom is -1.00 e. The number of nitro groups is 1. The number of aryl methyl sites for hydroxylation is 1. The molecule has 0 saturated carbocycles. The van der Waals surface area contributed by atoms with Gasteiger partial charge in [0.15, 0.2) is 12.4 Å². The Morgan fingerprint density at radius 1 is 0.821 bits per heavy atom. The summed E-state index contributed by atoms with van der Waals surface area (Å²) in [5, 5.41) is 21.3. The van der Waals surface area contributed by atoms with Crippen LogP contribution in [0, 0.1) is 10.1 Å². The van der Waals surface area contributed by atoms with Crippen molar-refractivity contribution in [3.05, 3.63) is 119 Å². The Morgan fingerprint density at radius 3 is 2.08 bits per heavy atom. The third-order valence-corrected chi connectivity index (χ3v) is 5.77. The van der Waals surface area contributed by atoms with Gasteiger partial charge in [0.25, 0.3) is 11.6 Å². The summed E-state index contributed by atoms with van der Waals surface area (Å²) in [5.41, 5.74) is 5.15. The first-order valence-corrected chi connectivity index (χ1v) is 11.5. The molecule has 1 amide bonds. The van der Waals surface area contributed by atoms with E-state index < -0.39 is 4.92 Å². The number of carbonyl (C=O) groups excluding carboxylic acids is 1. The van der Waals surface area contributed by atoms with E-state index >= 15 is 0 Å². The van der Waals surface area contributed by atoms with Crippen LogP contribution in [0.4, 0.5) is 34.1 Å². The van der Waals surface area contributed by atoms with Crippen LogP contribution in [0.15, 0.2) is 104 Å². The molecule has 39 heavy (non-hydrogen) atoms. The monoisotopic (exact) mass is 562 g/mol. The fourth-order valence-corrected chi connectivity index (χ4v) is 3.81. The standard InChI is InChI=1S/C28H22N6O3.2ClH/c1-33-16-13-23(14-17-33)30-20-4-2-19(3-5-20)28(35)32-22-8-6-21(7-9-22)31-26-12-15-29-27-18-24(34(36)37)10-11-25(26)27;;/h2-18H,1H3,(H2,29,31,32,35);2*1H. The summed E-state index contributed by atoms with van der Waals surface area (Å²) < 4.78 is 1.96. The van der Waals surface area contributed by atoms with Crippen molar-refractivity contribution in [3.8, 4) is 0 Å². The van der Waals surface area contributed by atoms with Crippen molar-refractivity contribution in [3.63, 3.8) is 0 Å². The van der Waals surface area contributed by atoms with E-state index in [1.54, 1.807) is 42.6 Å². The number of benzene rings is 3. The molecule has 11 heteroatoms. The minimum absolute atomic E-state index is 0. The Hall–Kier alpha value is -4.73. The highest BCUT2D eigenvalue weighted by atomic mass is 35.5. The van der Waals surface area contributed by atoms with Gasteiger partial charge >= 0.3 is 0 Å². The number of anilines is 5. The zero-order valence-corrected chi connectivity index (χ0v) is 22.2. The second kappa shape index (κ2) is 12.7. The van der Waals surface area contributed by atoms with Crippen molar-refractivity contribution >= 4 is 63.3 Å². The molecule has 0 aliphatic carbocycles. The lowest BCUT2D eigenvalue weighted by atomic mass is 10.1. The molecule has 0 unspecified atom stereocenters. The number of pyridine rings is 2. The van der Waals surface area contributed by atoms with Gasteiger partial charge in [0, 0.05) is 64.2 Å². The number of rotatable bonds is 7. The van der Waals surface area contributed by atoms with Crippen LogP contribution in [0.1, 0.15) is 10.4 Å². The molecule has 5 rings (SSSR count). The zero-order chi connectivity index (χ0) is 25.8. The maximum absolute atomic E-state index is 12.7. The molecule has 5 aromatic rings. The number of non-ortho nitro benzene ring substituents is 1. The Morgan fingerprint density at radius 2 is 1.41 bits per heavy atom. The van der Waals surface area contributed by atoms with Crippen LogP contribution in [0.2, 0.25) is 0 Å². The average molecular weight is 563 g/mol. The van der Waals surface area contributed by atoms with Gasteiger partial charge in [0.1, 0.15) is 7.05 Å². The molecule has 0 spiro atoms. The van der Waals surface area contributed by atoms with E-state index in [0.717, 1.165) is 28.1 Å². The van der Waals surface area contributed by atoms with Crippen LogP contribution < -0.4 is 32.9 Å². The van der Waals surface area contributed by atoms with E-state index in [-0.39, 0.29) is 36.4 Å². The Bertz CT molecular complexity index is 1600. The first-order valence-electron chi connectivity index (χ1n) is 11.5. The molecule has 3 N–H and O–H groups in total. The molecular formula is C28H24Cl2N6O3. The summed E-state index contributed by atoms with van der Waals surface area (Å²) in [6, 6.07) is 24.9. The van der Waals surface area contributed by atoms with Crippen molar-refractivity contribution in [2.75, 3.05) is 16.0 Å². The van der Waals surface area contributed by atoms with Gasteiger partial charge in [-0.15, -0.1) is 12.4 Å². The van der Waals surface area contributed by atoms with Gasteiger partial charge in [-0.25, -0.2) is 4.57 Å². The molecule has 0 bridgehead atoms. The summed E-state index contributed by atoms with van der Waals surface area (Å²) in [7, 11) is 1.96. The van der Waals surface area contributed by atoms with E-state index in [4.69, 9.17) is 0 Å². The van der Waals surface area contributed by atoms with Gasteiger partial charge in [0.05, 0.1) is 16.1 Å². The lowest BCUT2D eigenvalue weighted by molar-refractivity contribution is -0.671. The van der Waals surface area contributed by atoms with Crippen LogP contribution in [0.3, 0.4) is 0 Å². The maximum Gasteiger partial charge on any atom is 0.271 e. The molecule has 0 fully saturated rings. The molecule has 3 aromatic carbocycles.